The molecule has 0 bridgehead atoms. The monoisotopic (exact) mass is 879 g/mol. The van der Waals surface area contributed by atoms with E-state index in [1.54, 1.807) is 0 Å². The number of amides is 4. The number of carbonyl (C=O) groups excluding carboxylic acids is 4. The van der Waals surface area contributed by atoms with Gasteiger partial charge in [0.15, 0.2) is 0 Å². The summed E-state index contributed by atoms with van der Waals surface area (Å²) in [6.07, 6.45) is 1.91. The molecular formula is C53H49N7O6. The first kappa shape index (κ1) is 42.0. The Bertz CT molecular complexity index is 2900. The third-order valence-corrected chi connectivity index (χ3v) is 13.1. The van der Waals surface area contributed by atoms with Crippen molar-refractivity contribution < 1.29 is 28.7 Å². The molecule has 8 aromatic rings. The Morgan fingerprint density at radius 3 is 1.61 bits per heavy atom. The zero-order chi connectivity index (χ0) is 45.3. The lowest BCUT2D eigenvalue weighted by Crippen LogP contribution is -2.42. The number of methoxy groups -OCH3 is 2. The van der Waals surface area contributed by atoms with Gasteiger partial charge in [0.25, 0.3) is 5.91 Å². The molecule has 4 N–H and O–H groups in total. The van der Waals surface area contributed by atoms with Crippen molar-refractivity contribution in [2.24, 2.45) is 0 Å². The molecule has 332 valence electrons. The van der Waals surface area contributed by atoms with Crippen LogP contribution in [0, 0.1) is 0 Å². The van der Waals surface area contributed by atoms with E-state index in [2.05, 4.69) is 93.4 Å². The van der Waals surface area contributed by atoms with Crippen LogP contribution >= 0.6 is 0 Å². The van der Waals surface area contributed by atoms with E-state index >= 15 is 0 Å². The number of ether oxygens (including phenoxy) is 2. The summed E-state index contributed by atoms with van der Waals surface area (Å²) < 4.78 is 9.73. The number of aromatic amines is 2. The highest BCUT2D eigenvalue weighted by Crippen LogP contribution is 2.38. The van der Waals surface area contributed by atoms with Gasteiger partial charge >= 0.3 is 12.2 Å². The maximum atomic E-state index is 14.1. The largest absolute Gasteiger partial charge is 0.453 e. The number of rotatable bonds is 10. The van der Waals surface area contributed by atoms with Crippen LogP contribution in [0.15, 0.2) is 140 Å². The first-order valence-electron chi connectivity index (χ1n) is 22.3. The highest BCUT2D eigenvalue weighted by atomic mass is 16.5. The summed E-state index contributed by atoms with van der Waals surface area (Å²) in [6, 6.07) is 44.0. The second kappa shape index (κ2) is 17.9. The molecule has 0 saturated carbocycles. The number of hydrogen-bond donors (Lipinski definition) is 4. The van der Waals surface area contributed by atoms with Gasteiger partial charge in [-0.3, -0.25) is 9.59 Å². The summed E-state index contributed by atoms with van der Waals surface area (Å²) in [4.78, 5) is 68.5. The van der Waals surface area contributed by atoms with Gasteiger partial charge in [-0.15, -0.1) is 0 Å². The van der Waals surface area contributed by atoms with Crippen LogP contribution in [0.5, 0.6) is 0 Å². The molecule has 2 fully saturated rings. The molecule has 4 atom stereocenters. The molecule has 2 aliphatic rings. The molecule has 10 rings (SSSR count). The zero-order valence-corrected chi connectivity index (χ0v) is 36.6. The van der Waals surface area contributed by atoms with Crippen molar-refractivity contribution in [3.05, 3.63) is 162 Å². The van der Waals surface area contributed by atoms with Crippen LogP contribution in [0.2, 0.25) is 0 Å². The van der Waals surface area contributed by atoms with Gasteiger partial charge < -0.3 is 39.9 Å². The van der Waals surface area contributed by atoms with Crippen molar-refractivity contribution in [3.63, 3.8) is 0 Å². The predicted octanol–water partition coefficient (Wildman–Crippen LogP) is 10.1. The molecule has 13 nitrogen and oxygen atoms in total. The Balaban J connectivity index is 0.860. The Kier molecular flexibility index (Phi) is 11.4. The second-order valence-electron chi connectivity index (χ2n) is 17.0. The highest BCUT2D eigenvalue weighted by molar-refractivity contribution is 5.94. The van der Waals surface area contributed by atoms with Gasteiger partial charge in [0.1, 0.15) is 17.9 Å². The van der Waals surface area contributed by atoms with Crippen LogP contribution in [0.4, 0.5) is 9.59 Å². The van der Waals surface area contributed by atoms with Crippen molar-refractivity contribution in [1.82, 2.24) is 35.4 Å². The summed E-state index contributed by atoms with van der Waals surface area (Å²) in [6.45, 7) is 1.14. The van der Waals surface area contributed by atoms with E-state index in [0.29, 0.717) is 24.2 Å². The number of nitrogens with one attached hydrogen (secondary N) is 4. The second-order valence-corrected chi connectivity index (χ2v) is 17.0. The first-order valence-corrected chi connectivity index (χ1v) is 22.3. The minimum absolute atomic E-state index is 0.158. The van der Waals surface area contributed by atoms with Crippen LogP contribution in [-0.2, 0) is 19.1 Å². The lowest BCUT2D eigenvalue weighted by molar-refractivity contribution is -0.135. The molecule has 0 aliphatic carbocycles. The van der Waals surface area contributed by atoms with Gasteiger partial charge in [-0.2, -0.15) is 0 Å². The van der Waals surface area contributed by atoms with Gasteiger partial charge in [-0.05, 0) is 112 Å². The van der Waals surface area contributed by atoms with E-state index in [0.717, 1.165) is 92.2 Å². The topological polar surface area (TPSA) is 162 Å². The third kappa shape index (κ3) is 8.19. The summed E-state index contributed by atoms with van der Waals surface area (Å²) in [5.41, 5.74) is 9.31. The number of H-pyrrole nitrogens is 2. The van der Waals surface area contributed by atoms with Crippen LogP contribution in [0.25, 0.3) is 55.0 Å². The molecule has 2 aromatic heterocycles. The summed E-state index contributed by atoms with van der Waals surface area (Å²) in [7, 11) is 2.58. The molecule has 4 heterocycles. The van der Waals surface area contributed by atoms with Gasteiger partial charge in [-0.1, -0.05) is 103 Å². The molecule has 1 unspecified atom stereocenters. The van der Waals surface area contributed by atoms with Crippen LogP contribution < -0.4 is 10.6 Å². The fourth-order valence-corrected chi connectivity index (χ4v) is 9.70. The number of likely N-dealkylation sites (tertiary alicyclic amines) is 2. The average molecular weight is 880 g/mol. The number of fused-ring (bicyclic) bond motifs is 3. The molecular weight excluding hydrogens is 831 g/mol. The molecule has 13 heteroatoms. The fraction of sp³-hybridized carbons (Fsp3) is 0.226. The minimum Gasteiger partial charge on any atom is -0.453 e. The quantitative estimate of drug-likeness (QED) is 0.106. The molecule has 0 radical (unpaired) electrons. The number of alkyl carbamates (subject to hydrolysis) is 2. The van der Waals surface area contributed by atoms with Gasteiger partial charge in [-0.25, -0.2) is 14.6 Å². The number of carbonyl (C=O) groups is 4. The predicted molar refractivity (Wildman–Crippen MR) is 253 cm³/mol. The van der Waals surface area contributed by atoms with Gasteiger partial charge in [0.2, 0.25) is 5.91 Å². The zero-order valence-electron chi connectivity index (χ0n) is 36.6. The van der Waals surface area contributed by atoms with Crippen LogP contribution in [0.3, 0.4) is 0 Å². The molecule has 66 heavy (non-hydrogen) atoms. The van der Waals surface area contributed by atoms with E-state index < -0.39 is 24.3 Å². The van der Waals surface area contributed by atoms with Gasteiger partial charge in [0, 0.05) is 24.3 Å². The molecule has 4 amide bonds. The number of imidazole rings is 1. The number of benzene rings is 6. The van der Waals surface area contributed by atoms with Crippen molar-refractivity contribution in [1.29, 1.82) is 0 Å². The summed E-state index contributed by atoms with van der Waals surface area (Å²) in [5, 5.41) is 8.77. The molecule has 2 saturated heterocycles. The Labute approximate surface area is 381 Å². The SMILES string of the molecule is COC(=O)NC(C(=O)N1CCC[C@@H]1c1nc2ccc(-c3ccc4cc(-c5ccc6cc([C@@H]7CCCN7C(=O)[C@H](NC(=O)OC)c7ccccc7)[nH]c6c5)ccc4c3)cc2[nH]1)c1ccccc1. The van der Waals surface area contributed by atoms with Gasteiger partial charge in [0.05, 0.1) is 37.3 Å². The van der Waals surface area contributed by atoms with Crippen molar-refractivity contribution in [3.8, 4) is 22.3 Å². The van der Waals surface area contributed by atoms with E-state index in [-0.39, 0.29) is 23.9 Å². The fourth-order valence-electron chi connectivity index (χ4n) is 9.70. The molecule has 6 aromatic carbocycles. The molecule has 0 spiro atoms. The van der Waals surface area contributed by atoms with Crippen LogP contribution in [-0.4, -0.2) is 76.1 Å². The third-order valence-electron chi connectivity index (χ3n) is 13.1. The Morgan fingerprint density at radius 2 is 1.05 bits per heavy atom. The normalized spacial score (nSPS) is 16.9. The first-order chi connectivity index (χ1) is 32.2. The number of aromatic nitrogens is 3. The van der Waals surface area contributed by atoms with E-state index in [4.69, 9.17) is 14.5 Å². The summed E-state index contributed by atoms with van der Waals surface area (Å²) in [5.74, 6) is 0.339. The Hall–Kier alpha value is -7.93. The minimum atomic E-state index is -0.886. The number of hydrogen-bond acceptors (Lipinski definition) is 7. The Morgan fingerprint density at radius 1 is 0.561 bits per heavy atom. The van der Waals surface area contributed by atoms with Crippen molar-refractivity contribution >= 4 is 56.7 Å². The number of nitrogens with zero attached hydrogens (tertiary/aromatic N) is 3. The smallest absolute Gasteiger partial charge is 0.407 e. The lowest BCUT2D eigenvalue weighted by atomic mass is 9.97. The van der Waals surface area contributed by atoms with E-state index in [1.165, 1.54) is 14.2 Å². The van der Waals surface area contributed by atoms with E-state index in [1.807, 2.05) is 76.5 Å². The van der Waals surface area contributed by atoms with E-state index in [9.17, 15) is 19.2 Å². The standard InChI is InChI=1S/C53H49N7O6/c1-65-52(63)57-47(32-11-5-3-6-12-32)50(61)59-25-9-15-45(59)44-31-40-22-21-38(29-42(40)54-44)36-19-17-35-28-37(20-18-34(35)27-36)39-23-24-41-43(30-39)56-49(55-41)46-16-10-26-60(46)51(62)48(58-53(64)66-2)33-13-7-4-8-14-33/h3-8,11-14,17-24,27-31,45-48,54H,9-10,15-16,25-26H2,1-2H3,(H,55,56)(H,57,63)(H,58,64)/t45-,46+,47+,48?/m0/s1. The summed E-state index contributed by atoms with van der Waals surface area (Å²) >= 11 is 0. The lowest BCUT2D eigenvalue weighted by Gasteiger charge is -2.29. The van der Waals surface area contributed by atoms with Crippen molar-refractivity contribution in [2.75, 3.05) is 27.3 Å². The maximum absolute atomic E-state index is 14.1. The van der Waals surface area contributed by atoms with Crippen molar-refractivity contribution in [2.45, 2.75) is 49.9 Å². The van der Waals surface area contributed by atoms with Crippen LogP contribution in [0.1, 0.15) is 72.5 Å². The molecule has 2 aliphatic heterocycles. The highest BCUT2D eigenvalue weighted by Gasteiger charge is 2.38. The maximum Gasteiger partial charge on any atom is 0.407 e. The average Bonchev–Trinajstić information content (AvgIpc) is 4.20.